The van der Waals surface area contributed by atoms with Crippen LogP contribution in [0.5, 0.6) is 0 Å². The topological polar surface area (TPSA) is 32.3 Å². The van der Waals surface area contributed by atoms with Crippen molar-refractivity contribution in [2.75, 3.05) is 13.2 Å². The number of rotatable bonds is 5. The van der Waals surface area contributed by atoms with E-state index >= 15 is 0 Å². The summed E-state index contributed by atoms with van der Waals surface area (Å²) in [5.74, 6) is 0.955. The van der Waals surface area contributed by atoms with Gasteiger partial charge in [-0.2, -0.15) is 0 Å². The van der Waals surface area contributed by atoms with E-state index in [0.717, 1.165) is 24.9 Å². The summed E-state index contributed by atoms with van der Waals surface area (Å²) in [5.41, 5.74) is 0. The number of aliphatic hydroxyl groups excluding tert-OH is 1. The highest BCUT2D eigenvalue weighted by Gasteiger charge is 2.22. The van der Waals surface area contributed by atoms with Gasteiger partial charge in [0.15, 0.2) is 0 Å². The largest absolute Gasteiger partial charge is 0.396 e. The van der Waals surface area contributed by atoms with Gasteiger partial charge in [0.2, 0.25) is 0 Å². The first-order chi connectivity index (χ1) is 5.86. The van der Waals surface area contributed by atoms with Crippen LogP contribution in [-0.4, -0.2) is 24.3 Å². The van der Waals surface area contributed by atoms with Crippen LogP contribution >= 0.6 is 0 Å². The standard InChI is InChI=1S/C10H21NO/c1-2-9-4-5-10(8-9)11-6-3-7-12/h9-12H,2-8H2,1H3. The molecule has 2 N–H and O–H groups in total. The summed E-state index contributed by atoms with van der Waals surface area (Å²) >= 11 is 0. The van der Waals surface area contributed by atoms with Crippen LogP contribution < -0.4 is 5.32 Å². The number of nitrogens with one attached hydrogen (secondary N) is 1. The van der Waals surface area contributed by atoms with E-state index in [9.17, 15) is 0 Å². The molecule has 0 aromatic carbocycles. The Morgan fingerprint density at radius 2 is 2.25 bits per heavy atom. The second-order valence-corrected chi connectivity index (χ2v) is 3.82. The molecular formula is C10H21NO. The van der Waals surface area contributed by atoms with Crippen LogP contribution in [0.25, 0.3) is 0 Å². The predicted molar refractivity (Wildman–Crippen MR) is 51.1 cm³/mol. The Balaban J connectivity index is 2.03. The van der Waals surface area contributed by atoms with Gasteiger partial charge >= 0.3 is 0 Å². The highest BCUT2D eigenvalue weighted by molar-refractivity contribution is 4.79. The molecule has 0 amide bonds. The van der Waals surface area contributed by atoms with Crippen LogP contribution in [0.3, 0.4) is 0 Å². The van der Waals surface area contributed by atoms with E-state index in [1.165, 1.54) is 25.7 Å². The zero-order valence-electron chi connectivity index (χ0n) is 8.05. The lowest BCUT2D eigenvalue weighted by Crippen LogP contribution is -2.27. The van der Waals surface area contributed by atoms with E-state index in [4.69, 9.17) is 5.11 Å². The zero-order valence-corrected chi connectivity index (χ0v) is 8.05. The smallest absolute Gasteiger partial charge is 0.0443 e. The molecule has 0 saturated heterocycles. The average molecular weight is 171 g/mol. The van der Waals surface area contributed by atoms with Crippen LogP contribution in [0.15, 0.2) is 0 Å². The van der Waals surface area contributed by atoms with Crippen molar-refractivity contribution in [3.8, 4) is 0 Å². The molecule has 1 rings (SSSR count). The Morgan fingerprint density at radius 3 is 2.83 bits per heavy atom. The van der Waals surface area contributed by atoms with Crippen LogP contribution in [-0.2, 0) is 0 Å². The molecule has 1 aliphatic rings. The predicted octanol–water partition coefficient (Wildman–Crippen LogP) is 1.54. The molecular weight excluding hydrogens is 150 g/mol. The van der Waals surface area contributed by atoms with Crippen molar-refractivity contribution in [3.05, 3.63) is 0 Å². The lowest BCUT2D eigenvalue weighted by atomic mass is 10.1. The molecule has 12 heavy (non-hydrogen) atoms. The van der Waals surface area contributed by atoms with Crippen molar-refractivity contribution >= 4 is 0 Å². The van der Waals surface area contributed by atoms with E-state index in [-0.39, 0.29) is 0 Å². The lowest BCUT2D eigenvalue weighted by molar-refractivity contribution is 0.283. The number of aliphatic hydroxyl groups is 1. The molecule has 2 nitrogen and oxygen atoms in total. The Labute approximate surface area is 75.4 Å². The van der Waals surface area contributed by atoms with Gasteiger partial charge in [0.05, 0.1) is 0 Å². The Bertz CT molecular complexity index is 116. The fourth-order valence-corrected chi connectivity index (χ4v) is 2.02. The normalized spacial score (nSPS) is 29.5. The second kappa shape index (κ2) is 5.55. The number of hydrogen-bond donors (Lipinski definition) is 2. The van der Waals surface area contributed by atoms with E-state index in [1.807, 2.05) is 0 Å². The second-order valence-electron chi connectivity index (χ2n) is 3.82. The molecule has 0 spiro atoms. The summed E-state index contributed by atoms with van der Waals surface area (Å²) in [6.07, 6.45) is 6.31. The molecule has 0 radical (unpaired) electrons. The van der Waals surface area contributed by atoms with Crippen LogP contribution in [0.2, 0.25) is 0 Å². The molecule has 2 atom stereocenters. The van der Waals surface area contributed by atoms with Crippen molar-refractivity contribution < 1.29 is 5.11 Å². The monoisotopic (exact) mass is 171 g/mol. The maximum atomic E-state index is 8.60. The molecule has 1 fully saturated rings. The molecule has 0 aliphatic heterocycles. The zero-order chi connectivity index (χ0) is 8.81. The number of hydrogen-bond acceptors (Lipinski definition) is 2. The third-order valence-corrected chi connectivity index (χ3v) is 2.89. The minimum atomic E-state index is 0.316. The molecule has 2 heteroatoms. The lowest BCUT2D eigenvalue weighted by Gasteiger charge is -2.11. The van der Waals surface area contributed by atoms with E-state index in [1.54, 1.807) is 0 Å². The Hall–Kier alpha value is -0.0800. The highest BCUT2D eigenvalue weighted by Crippen LogP contribution is 2.27. The molecule has 72 valence electrons. The first kappa shape index (κ1) is 10.0. The molecule has 0 aromatic heterocycles. The first-order valence-corrected chi connectivity index (χ1v) is 5.21. The Morgan fingerprint density at radius 1 is 1.42 bits per heavy atom. The molecule has 1 saturated carbocycles. The van der Waals surface area contributed by atoms with Crippen molar-refractivity contribution in [1.29, 1.82) is 0 Å². The van der Waals surface area contributed by atoms with Gasteiger partial charge in [-0.1, -0.05) is 13.3 Å². The summed E-state index contributed by atoms with van der Waals surface area (Å²) in [6.45, 7) is 3.58. The average Bonchev–Trinajstić information content (AvgIpc) is 2.53. The van der Waals surface area contributed by atoms with E-state index in [0.29, 0.717) is 6.61 Å². The first-order valence-electron chi connectivity index (χ1n) is 5.21. The van der Waals surface area contributed by atoms with Gasteiger partial charge in [-0.25, -0.2) is 0 Å². The van der Waals surface area contributed by atoms with Gasteiger partial charge in [0.1, 0.15) is 0 Å². The third-order valence-electron chi connectivity index (χ3n) is 2.89. The summed E-state index contributed by atoms with van der Waals surface area (Å²) < 4.78 is 0. The minimum absolute atomic E-state index is 0.316. The SMILES string of the molecule is CCC1CCC(NCCCO)C1. The van der Waals surface area contributed by atoms with E-state index < -0.39 is 0 Å². The van der Waals surface area contributed by atoms with Crippen molar-refractivity contribution in [3.63, 3.8) is 0 Å². The Kier molecular flexibility index (Phi) is 4.62. The molecule has 0 heterocycles. The molecule has 0 aromatic rings. The summed E-state index contributed by atoms with van der Waals surface area (Å²) in [5, 5.41) is 12.1. The maximum Gasteiger partial charge on any atom is 0.0443 e. The summed E-state index contributed by atoms with van der Waals surface area (Å²) in [6, 6.07) is 0.737. The van der Waals surface area contributed by atoms with Gasteiger partial charge in [0, 0.05) is 12.6 Å². The van der Waals surface area contributed by atoms with Gasteiger partial charge < -0.3 is 10.4 Å². The molecule has 0 bridgehead atoms. The van der Waals surface area contributed by atoms with E-state index in [2.05, 4.69) is 12.2 Å². The summed E-state index contributed by atoms with van der Waals surface area (Å²) in [7, 11) is 0. The molecule has 1 aliphatic carbocycles. The van der Waals surface area contributed by atoms with Crippen LogP contribution in [0.1, 0.15) is 39.0 Å². The molecule has 2 unspecified atom stereocenters. The highest BCUT2D eigenvalue weighted by atomic mass is 16.3. The maximum absolute atomic E-state index is 8.60. The third kappa shape index (κ3) is 3.11. The fourth-order valence-electron chi connectivity index (χ4n) is 2.02. The van der Waals surface area contributed by atoms with Gasteiger partial charge in [0.25, 0.3) is 0 Å². The van der Waals surface area contributed by atoms with Gasteiger partial charge in [-0.05, 0) is 38.1 Å². The van der Waals surface area contributed by atoms with Crippen molar-refractivity contribution in [2.24, 2.45) is 5.92 Å². The van der Waals surface area contributed by atoms with Gasteiger partial charge in [-0.3, -0.25) is 0 Å². The van der Waals surface area contributed by atoms with Crippen molar-refractivity contribution in [1.82, 2.24) is 5.32 Å². The van der Waals surface area contributed by atoms with Crippen LogP contribution in [0.4, 0.5) is 0 Å². The fraction of sp³-hybridized carbons (Fsp3) is 1.00. The van der Waals surface area contributed by atoms with Crippen LogP contribution in [0, 0.1) is 5.92 Å². The quantitative estimate of drug-likeness (QED) is 0.615. The van der Waals surface area contributed by atoms with Gasteiger partial charge in [-0.15, -0.1) is 0 Å². The summed E-state index contributed by atoms with van der Waals surface area (Å²) in [4.78, 5) is 0. The minimum Gasteiger partial charge on any atom is -0.396 e. The van der Waals surface area contributed by atoms with Crippen molar-refractivity contribution in [2.45, 2.75) is 45.1 Å².